The number of amides is 2. The molecule has 1 aliphatic heterocycles. The van der Waals surface area contributed by atoms with Crippen molar-refractivity contribution in [2.75, 3.05) is 22.5 Å². The molecular formula is C17H17N3O5S. The SMILES string of the molecule is COc1ccccc1NS(=O)(=O)c1ccc2c(c1)NC(=O)[C@@H](C)C(=O)N2. The number of hydrogen-bond acceptors (Lipinski definition) is 5. The lowest BCUT2D eigenvalue weighted by Crippen LogP contribution is -2.28. The van der Waals surface area contributed by atoms with Crippen LogP contribution in [0.2, 0.25) is 0 Å². The fourth-order valence-corrected chi connectivity index (χ4v) is 3.53. The van der Waals surface area contributed by atoms with Gasteiger partial charge in [-0.1, -0.05) is 12.1 Å². The third-order valence-electron chi connectivity index (χ3n) is 3.95. The van der Waals surface area contributed by atoms with Crippen LogP contribution in [0.3, 0.4) is 0 Å². The highest BCUT2D eigenvalue weighted by Crippen LogP contribution is 2.31. The number of carbonyl (C=O) groups is 2. The van der Waals surface area contributed by atoms with Gasteiger partial charge < -0.3 is 15.4 Å². The monoisotopic (exact) mass is 375 g/mol. The van der Waals surface area contributed by atoms with Gasteiger partial charge in [-0.2, -0.15) is 0 Å². The van der Waals surface area contributed by atoms with Crippen LogP contribution in [0.5, 0.6) is 5.75 Å². The quantitative estimate of drug-likeness (QED) is 0.708. The molecule has 1 atom stereocenters. The number of methoxy groups -OCH3 is 1. The predicted octanol–water partition coefficient (Wildman–Crippen LogP) is 2.02. The van der Waals surface area contributed by atoms with Crippen molar-refractivity contribution in [1.82, 2.24) is 0 Å². The van der Waals surface area contributed by atoms with Gasteiger partial charge in [-0.15, -0.1) is 0 Å². The first kappa shape index (κ1) is 17.7. The molecule has 8 nitrogen and oxygen atoms in total. The molecule has 0 bridgehead atoms. The summed E-state index contributed by atoms with van der Waals surface area (Å²) in [6, 6.07) is 10.7. The number of rotatable bonds is 4. The Morgan fingerprint density at radius 2 is 1.65 bits per heavy atom. The molecule has 0 saturated carbocycles. The Kier molecular flexibility index (Phi) is 4.56. The van der Waals surface area contributed by atoms with Crippen LogP contribution >= 0.6 is 0 Å². The molecule has 0 saturated heterocycles. The van der Waals surface area contributed by atoms with Crippen LogP contribution in [-0.4, -0.2) is 27.3 Å². The molecule has 1 aliphatic rings. The molecule has 136 valence electrons. The van der Waals surface area contributed by atoms with Crippen LogP contribution in [-0.2, 0) is 19.6 Å². The molecule has 9 heteroatoms. The van der Waals surface area contributed by atoms with Crippen molar-refractivity contribution < 1.29 is 22.7 Å². The molecule has 1 heterocycles. The maximum Gasteiger partial charge on any atom is 0.262 e. The van der Waals surface area contributed by atoms with E-state index in [1.165, 1.54) is 32.2 Å². The number of benzene rings is 2. The zero-order chi connectivity index (χ0) is 18.9. The molecule has 0 unspecified atom stereocenters. The molecule has 3 N–H and O–H groups in total. The zero-order valence-electron chi connectivity index (χ0n) is 14.1. The number of sulfonamides is 1. The number of anilines is 3. The van der Waals surface area contributed by atoms with Gasteiger partial charge in [0.15, 0.2) is 0 Å². The van der Waals surface area contributed by atoms with E-state index < -0.39 is 27.8 Å². The molecule has 2 aromatic rings. The molecule has 0 radical (unpaired) electrons. The van der Waals surface area contributed by atoms with Crippen molar-refractivity contribution in [2.45, 2.75) is 11.8 Å². The van der Waals surface area contributed by atoms with Crippen LogP contribution in [0.4, 0.5) is 17.1 Å². The standard InChI is InChI=1S/C17H17N3O5S/c1-10-16(21)18-12-8-7-11(9-14(12)19-17(10)22)26(23,24)20-13-5-3-4-6-15(13)25-2/h3-10,20H,1-2H3,(H,18,21)(H,19,22)/t10-/m0/s1. The molecule has 2 aromatic carbocycles. The first-order valence-corrected chi connectivity index (χ1v) is 9.22. The lowest BCUT2D eigenvalue weighted by molar-refractivity contribution is -0.128. The third kappa shape index (κ3) is 3.33. The summed E-state index contributed by atoms with van der Waals surface area (Å²) in [5.74, 6) is -1.47. The molecule has 0 aliphatic carbocycles. The third-order valence-corrected chi connectivity index (χ3v) is 5.32. The van der Waals surface area contributed by atoms with E-state index in [2.05, 4.69) is 15.4 Å². The van der Waals surface area contributed by atoms with Gasteiger partial charge in [-0.25, -0.2) is 8.42 Å². The van der Waals surface area contributed by atoms with E-state index in [9.17, 15) is 18.0 Å². The van der Waals surface area contributed by atoms with Gasteiger partial charge in [0.25, 0.3) is 10.0 Å². The number of hydrogen-bond donors (Lipinski definition) is 3. The van der Waals surface area contributed by atoms with Gasteiger partial charge >= 0.3 is 0 Å². The van der Waals surface area contributed by atoms with Crippen molar-refractivity contribution in [1.29, 1.82) is 0 Å². The molecule has 3 rings (SSSR count). The van der Waals surface area contributed by atoms with E-state index in [0.29, 0.717) is 11.4 Å². The highest BCUT2D eigenvalue weighted by Gasteiger charge is 2.28. The second kappa shape index (κ2) is 6.68. The summed E-state index contributed by atoms with van der Waals surface area (Å²) >= 11 is 0. The minimum atomic E-state index is -3.93. The van der Waals surface area contributed by atoms with E-state index >= 15 is 0 Å². The Labute approximate surface area is 150 Å². The Morgan fingerprint density at radius 1 is 1.00 bits per heavy atom. The molecule has 26 heavy (non-hydrogen) atoms. The largest absolute Gasteiger partial charge is 0.495 e. The van der Waals surface area contributed by atoms with E-state index in [-0.39, 0.29) is 16.3 Å². The molecular weight excluding hydrogens is 358 g/mol. The second-order valence-electron chi connectivity index (χ2n) is 5.71. The van der Waals surface area contributed by atoms with Gasteiger partial charge in [-0.05, 0) is 37.3 Å². The number of carbonyl (C=O) groups excluding carboxylic acids is 2. The number of para-hydroxylation sites is 2. The fraction of sp³-hybridized carbons (Fsp3) is 0.176. The summed E-state index contributed by atoms with van der Waals surface area (Å²) < 4.78 is 33.0. The highest BCUT2D eigenvalue weighted by atomic mass is 32.2. The highest BCUT2D eigenvalue weighted by molar-refractivity contribution is 7.92. The summed E-state index contributed by atoms with van der Waals surface area (Å²) in [5, 5.41) is 5.15. The fourth-order valence-electron chi connectivity index (χ4n) is 2.44. The van der Waals surface area contributed by atoms with Crippen molar-refractivity contribution in [3.8, 4) is 5.75 Å². The summed E-state index contributed by atoms with van der Waals surface area (Å²) in [6.45, 7) is 1.47. The van der Waals surface area contributed by atoms with Gasteiger partial charge in [0, 0.05) is 0 Å². The Morgan fingerprint density at radius 3 is 2.35 bits per heavy atom. The Hall–Kier alpha value is -3.07. The van der Waals surface area contributed by atoms with Crippen molar-refractivity contribution in [3.05, 3.63) is 42.5 Å². The predicted molar refractivity (Wildman–Crippen MR) is 96.7 cm³/mol. The Balaban J connectivity index is 1.96. The zero-order valence-corrected chi connectivity index (χ0v) is 14.9. The molecule has 0 aromatic heterocycles. The average Bonchev–Trinajstić information content (AvgIpc) is 2.72. The van der Waals surface area contributed by atoms with Crippen LogP contribution < -0.4 is 20.1 Å². The number of nitrogens with one attached hydrogen (secondary N) is 3. The smallest absolute Gasteiger partial charge is 0.262 e. The summed E-state index contributed by atoms with van der Waals surface area (Å²) in [6.07, 6.45) is 0. The minimum absolute atomic E-state index is 0.0636. The van der Waals surface area contributed by atoms with Gasteiger partial charge in [0.1, 0.15) is 11.7 Å². The van der Waals surface area contributed by atoms with Crippen LogP contribution in [0.15, 0.2) is 47.4 Å². The summed E-state index contributed by atoms with van der Waals surface area (Å²) in [4.78, 5) is 23.8. The average molecular weight is 375 g/mol. The maximum absolute atomic E-state index is 12.7. The van der Waals surface area contributed by atoms with Gasteiger partial charge in [0.05, 0.1) is 29.1 Å². The minimum Gasteiger partial charge on any atom is -0.495 e. The van der Waals surface area contributed by atoms with Crippen molar-refractivity contribution in [3.63, 3.8) is 0 Å². The van der Waals surface area contributed by atoms with Gasteiger partial charge in [-0.3, -0.25) is 14.3 Å². The molecule has 0 fully saturated rings. The van der Waals surface area contributed by atoms with Gasteiger partial charge in [0.2, 0.25) is 11.8 Å². The van der Waals surface area contributed by atoms with Crippen LogP contribution in [0, 0.1) is 5.92 Å². The molecule has 0 spiro atoms. The van der Waals surface area contributed by atoms with E-state index in [0.717, 1.165) is 0 Å². The Bertz CT molecular complexity index is 988. The lowest BCUT2D eigenvalue weighted by atomic mass is 10.1. The first-order valence-electron chi connectivity index (χ1n) is 7.73. The first-order chi connectivity index (χ1) is 12.3. The van der Waals surface area contributed by atoms with Crippen LogP contribution in [0.1, 0.15) is 6.92 Å². The summed E-state index contributed by atoms with van der Waals surface area (Å²) in [5.41, 5.74) is 0.843. The number of ether oxygens (including phenoxy) is 1. The van der Waals surface area contributed by atoms with Crippen molar-refractivity contribution >= 4 is 38.9 Å². The maximum atomic E-state index is 12.7. The van der Waals surface area contributed by atoms with Crippen LogP contribution in [0.25, 0.3) is 0 Å². The van der Waals surface area contributed by atoms with E-state index in [4.69, 9.17) is 4.74 Å². The normalized spacial score (nSPS) is 16.8. The number of fused-ring (bicyclic) bond motifs is 1. The topological polar surface area (TPSA) is 114 Å². The van der Waals surface area contributed by atoms with E-state index in [1.54, 1.807) is 24.3 Å². The van der Waals surface area contributed by atoms with Crippen molar-refractivity contribution in [2.24, 2.45) is 5.92 Å². The summed E-state index contributed by atoms with van der Waals surface area (Å²) in [7, 11) is -2.49. The lowest BCUT2D eigenvalue weighted by Gasteiger charge is -2.13. The van der Waals surface area contributed by atoms with E-state index in [1.807, 2.05) is 0 Å². The second-order valence-corrected chi connectivity index (χ2v) is 7.40. The molecule has 2 amide bonds.